The molecular weight excluding hydrogens is 732 g/mol. The second-order valence-corrected chi connectivity index (χ2v) is 17.3. The van der Waals surface area contributed by atoms with Gasteiger partial charge in [-0.2, -0.15) is 4.58 Å². The summed E-state index contributed by atoms with van der Waals surface area (Å²) in [6.45, 7) is 5.57. The van der Waals surface area contributed by atoms with Crippen LogP contribution in [0.5, 0.6) is 0 Å². The lowest BCUT2D eigenvalue weighted by Gasteiger charge is -2.35. The molecule has 0 unspecified atom stereocenters. The Labute approximate surface area is 355 Å². The minimum Gasteiger partial charge on any atom is -0.344 e. The lowest BCUT2D eigenvalue weighted by molar-refractivity contribution is -0.401. The quantitative estimate of drug-likeness (QED) is 0.106. The molecule has 2 heterocycles. The molecule has 60 heavy (non-hydrogen) atoms. The molecular formula is C57H54FN2+. The van der Waals surface area contributed by atoms with Gasteiger partial charge < -0.3 is 4.90 Å². The molecule has 0 atom stereocenters. The van der Waals surface area contributed by atoms with Gasteiger partial charge in [-0.15, -0.1) is 0 Å². The molecule has 2 aliphatic rings. The van der Waals surface area contributed by atoms with Crippen LogP contribution in [0.15, 0.2) is 200 Å². The van der Waals surface area contributed by atoms with E-state index in [9.17, 15) is 0 Å². The average molecular weight is 786 g/mol. The predicted molar refractivity (Wildman–Crippen MR) is 249 cm³/mol. The van der Waals surface area contributed by atoms with Crippen LogP contribution in [0, 0.1) is 11.7 Å². The van der Waals surface area contributed by atoms with Crippen LogP contribution in [-0.4, -0.2) is 23.9 Å². The summed E-state index contributed by atoms with van der Waals surface area (Å²) >= 11 is 0. The van der Waals surface area contributed by atoms with Crippen LogP contribution in [0.25, 0.3) is 10.8 Å². The van der Waals surface area contributed by atoms with Gasteiger partial charge in [0.2, 0.25) is 5.69 Å². The molecule has 9 rings (SSSR count). The molecule has 0 aromatic heterocycles. The van der Waals surface area contributed by atoms with Crippen LogP contribution in [0.2, 0.25) is 0 Å². The molecule has 0 saturated carbocycles. The Bertz CT molecular complexity index is 2610. The monoisotopic (exact) mass is 785 g/mol. The Morgan fingerprint density at radius 2 is 1.12 bits per heavy atom. The zero-order chi connectivity index (χ0) is 41.1. The van der Waals surface area contributed by atoms with E-state index in [-0.39, 0.29) is 11.2 Å². The van der Waals surface area contributed by atoms with E-state index in [4.69, 9.17) is 0 Å². The van der Waals surface area contributed by atoms with Gasteiger partial charge in [0.25, 0.3) is 0 Å². The molecule has 2 nitrogen and oxygen atoms in total. The molecule has 7 aromatic rings. The van der Waals surface area contributed by atoms with Gasteiger partial charge in [0, 0.05) is 41.1 Å². The van der Waals surface area contributed by atoms with Crippen molar-refractivity contribution in [2.24, 2.45) is 5.92 Å². The highest BCUT2D eigenvalue weighted by Crippen LogP contribution is 2.55. The van der Waals surface area contributed by atoms with Crippen molar-refractivity contribution in [3.63, 3.8) is 0 Å². The SMILES string of the molecule is CC(C)CCN1C(=CC=CC2=[N+](C)c3ccc(F)cc3C2(Cc2ccccc2)Cc2ccccc2)C(Cc2ccccc2)(Cc2ccccc2)c2c1ccc1ccccc21. The third-order valence-corrected chi connectivity index (χ3v) is 13.0. The Kier molecular flexibility index (Phi) is 10.9. The van der Waals surface area contributed by atoms with Gasteiger partial charge in [-0.25, -0.2) is 4.39 Å². The van der Waals surface area contributed by atoms with E-state index in [0.29, 0.717) is 5.92 Å². The molecule has 0 saturated heterocycles. The fourth-order valence-electron chi connectivity index (χ4n) is 10.3. The van der Waals surface area contributed by atoms with Crippen LogP contribution in [0.4, 0.5) is 15.8 Å². The van der Waals surface area contributed by atoms with Crippen molar-refractivity contribution in [2.75, 3.05) is 18.5 Å². The van der Waals surface area contributed by atoms with E-state index in [2.05, 4.69) is 206 Å². The number of allylic oxidation sites excluding steroid dienone is 4. The molecule has 0 N–H and O–H groups in total. The maximum atomic E-state index is 15.5. The van der Waals surface area contributed by atoms with Crippen molar-refractivity contribution in [2.45, 2.75) is 56.8 Å². The number of anilines is 1. The first kappa shape index (κ1) is 39.2. The summed E-state index contributed by atoms with van der Waals surface area (Å²) in [6, 6.07) is 62.6. The molecule has 2 aliphatic heterocycles. The van der Waals surface area contributed by atoms with Gasteiger partial charge in [0.1, 0.15) is 12.9 Å². The fraction of sp³-hybridized carbons (Fsp3) is 0.211. The molecule has 7 aromatic carbocycles. The van der Waals surface area contributed by atoms with E-state index in [1.807, 2.05) is 6.07 Å². The summed E-state index contributed by atoms with van der Waals surface area (Å²) in [5, 5.41) is 2.58. The Hall–Kier alpha value is -6.32. The summed E-state index contributed by atoms with van der Waals surface area (Å²) < 4.78 is 17.8. The Morgan fingerprint density at radius 3 is 1.67 bits per heavy atom. The van der Waals surface area contributed by atoms with Gasteiger partial charge in [0.05, 0.1) is 5.41 Å². The van der Waals surface area contributed by atoms with Crippen LogP contribution < -0.4 is 4.90 Å². The van der Waals surface area contributed by atoms with E-state index >= 15 is 4.39 Å². The maximum Gasteiger partial charge on any atom is 0.209 e. The van der Waals surface area contributed by atoms with Crippen LogP contribution in [0.1, 0.15) is 53.6 Å². The Balaban J connectivity index is 1.27. The van der Waals surface area contributed by atoms with Gasteiger partial charge in [-0.3, -0.25) is 0 Å². The highest BCUT2D eigenvalue weighted by Gasteiger charge is 2.51. The van der Waals surface area contributed by atoms with Crippen molar-refractivity contribution in [1.29, 1.82) is 0 Å². The molecule has 298 valence electrons. The normalized spacial score (nSPS) is 16.0. The predicted octanol–water partition coefficient (Wildman–Crippen LogP) is 13.2. The summed E-state index contributed by atoms with van der Waals surface area (Å²) in [7, 11) is 2.16. The highest BCUT2D eigenvalue weighted by atomic mass is 19.1. The first-order valence-corrected chi connectivity index (χ1v) is 21.6. The van der Waals surface area contributed by atoms with Crippen molar-refractivity contribution >= 4 is 27.9 Å². The average Bonchev–Trinajstić information content (AvgIpc) is 3.64. The first-order chi connectivity index (χ1) is 29.3. The summed E-state index contributed by atoms with van der Waals surface area (Å²) in [4.78, 5) is 2.65. The number of benzene rings is 7. The number of fused-ring (bicyclic) bond motifs is 4. The second kappa shape index (κ2) is 16.7. The Morgan fingerprint density at radius 1 is 0.600 bits per heavy atom. The first-order valence-electron chi connectivity index (χ1n) is 21.6. The van der Waals surface area contributed by atoms with Crippen molar-refractivity contribution in [1.82, 2.24) is 0 Å². The van der Waals surface area contributed by atoms with E-state index in [1.54, 1.807) is 12.1 Å². The van der Waals surface area contributed by atoms with E-state index in [1.165, 1.54) is 55.7 Å². The smallest absolute Gasteiger partial charge is 0.209 e. The third-order valence-electron chi connectivity index (χ3n) is 13.0. The van der Waals surface area contributed by atoms with Gasteiger partial charge in [-0.1, -0.05) is 172 Å². The fourth-order valence-corrected chi connectivity index (χ4v) is 10.3. The molecule has 0 aliphatic carbocycles. The molecule has 3 heteroatoms. The van der Waals surface area contributed by atoms with Gasteiger partial charge in [0.15, 0.2) is 5.71 Å². The zero-order valence-corrected chi connectivity index (χ0v) is 35.1. The van der Waals surface area contributed by atoms with Crippen LogP contribution in [0.3, 0.4) is 0 Å². The van der Waals surface area contributed by atoms with Crippen molar-refractivity contribution < 1.29 is 8.97 Å². The van der Waals surface area contributed by atoms with Crippen molar-refractivity contribution in [3.05, 3.63) is 239 Å². The van der Waals surface area contributed by atoms with Crippen LogP contribution >= 0.6 is 0 Å². The molecule has 0 bridgehead atoms. The molecule has 0 spiro atoms. The zero-order valence-electron chi connectivity index (χ0n) is 35.1. The van der Waals surface area contributed by atoms with Gasteiger partial charge >= 0.3 is 0 Å². The third kappa shape index (κ3) is 7.43. The largest absolute Gasteiger partial charge is 0.344 e. The van der Waals surface area contributed by atoms with Crippen molar-refractivity contribution in [3.8, 4) is 0 Å². The highest BCUT2D eigenvalue weighted by molar-refractivity contribution is 6.04. The number of hydrogen-bond donors (Lipinski definition) is 0. The minimum atomic E-state index is -0.513. The number of hydrogen-bond acceptors (Lipinski definition) is 1. The number of rotatable bonds is 13. The molecule has 0 fully saturated rings. The lowest BCUT2D eigenvalue weighted by atomic mass is 9.68. The van der Waals surface area contributed by atoms with Crippen LogP contribution in [-0.2, 0) is 36.5 Å². The number of halogens is 1. The summed E-state index contributed by atoms with van der Waals surface area (Å²) in [6.07, 6.45) is 11.3. The maximum absolute atomic E-state index is 15.5. The van der Waals surface area contributed by atoms with E-state index in [0.717, 1.165) is 49.9 Å². The second-order valence-electron chi connectivity index (χ2n) is 17.3. The van der Waals surface area contributed by atoms with Gasteiger partial charge in [-0.05, 0) is 101 Å². The minimum absolute atomic E-state index is 0.205. The lowest BCUT2D eigenvalue weighted by Crippen LogP contribution is -2.39. The summed E-state index contributed by atoms with van der Waals surface area (Å²) in [5.41, 5.74) is 11.5. The number of nitrogens with zero attached hydrogens (tertiary/aromatic N) is 2. The standard InChI is InChI=1S/C57H54FN2/c1-42(2)35-36-60-52-33-31-47-27-16-17-28-49(47)55(52)57(40-45-23-12-6-13-24-45,41-46-25-14-7-15-26-46)54(60)30-18-29-53-56(38-43-19-8-4-9-20-43,39-44-21-10-5-11-22-44)50-37-48(58)32-34-51(50)59(53)3/h4-34,37,42H,35-36,38-41H2,1-3H3/q+1. The van der Waals surface area contributed by atoms with E-state index < -0.39 is 5.41 Å². The molecule has 0 amide bonds. The molecule has 0 radical (unpaired) electrons. The topological polar surface area (TPSA) is 6.25 Å². The summed E-state index contributed by atoms with van der Waals surface area (Å²) in [5.74, 6) is 0.338.